The summed E-state index contributed by atoms with van der Waals surface area (Å²) >= 11 is 12.2. The first-order chi connectivity index (χ1) is 9.43. The first-order valence-electron chi connectivity index (χ1n) is 6.17. The van der Waals surface area contributed by atoms with Gasteiger partial charge in [-0.25, -0.2) is 4.98 Å². The Morgan fingerprint density at radius 2 is 1.85 bits per heavy atom. The molecule has 2 aromatic rings. The van der Waals surface area contributed by atoms with Gasteiger partial charge in [0.25, 0.3) is 0 Å². The average molecular weight is 315 g/mol. The monoisotopic (exact) mass is 314 g/mol. The van der Waals surface area contributed by atoms with Gasteiger partial charge in [-0.15, -0.1) is 0 Å². The predicted molar refractivity (Wildman–Crippen MR) is 81.8 cm³/mol. The molecule has 7 heteroatoms. The van der Waals surface area contributed by atoms with Crippen LogP contribution >= 0.6 is 23.2 Å². The van der Waals surface area contributed by atoms with Gasteiger partial charge in [0.15, 0.2) is 0 Å². The van der Waals surface area contributed by atoms with E-state index in [0.717, 1.165) is 17.0 Å². The van der Waals surface area contributed by atoms with Crippen LogP contribution in [-0.2, 0) is 0 Å². The second kappa shape index (κ2) is 5.89. The smallest absolute Gasteiger partial charge is 0.147 e. The van der Waals surface area contributed by atoms with Gasteiger partial charge < -0.3 is 15.2 Å². The molecule has 1 atom stereocenters. The molecule has 1 unspecified atom stereocenters. The lowest BCUT2D eigenvalue weighted by molar-refractivity contribution is 0.392. The third kappa shape index (κ3) is 2.83. The number of hydrogen-bond donors (Lipinski definition) is 2. The quantitative estimate of drug-likeness (QED) is 0.885. The lowest BCUT2D eigenvalue weighted by atomic mass is 10.1. The van der Waals surface area contributed by atoms with Crippen molar-refractivity contribution in [1.82, 2.24) is 10.1 Å². The van der Waals surface area contributed by atoms with Crippen molar-refractivity contribution in [1.29, 1.82) is 0 Å². The van der Waals surface area contributed by atoms with Crippen LogP contribution in [0.1, 0.15) is 30.0 Å². The standard InChI is InChI=1S/C13H16Cl2N4O/c1-6(11-7(2)19-20-8(11)3)17-13-10(15)5-9(14)12(16-4)18-13/h5-6H,1-4H3,(H2,16,17,18). The fourth-order valence-corrected chi connectivity index (χ4v) is 2.64. The number of hydrogen-bond acceptors (Lipinski definition) is 5. The van der Waals surface area contributed by atoms with E-state index in [1.165, 1.54) is 0 Å². The summed E-state index contributed by atoms with van der Waals surface area (Å²) in [6.45, 7) is 5.78. The molecule has 0 aromatic carbocycles. The molecule has 0 spiro atoms. The molecule has 0 saturated heterocycles. The Morgan fingerprint density at radius 1 is 1.20 bits per heavy atom. The number of aromatic nitrogens is 2. The molecule has 0 saturated carbocycles. The highest BCUT2D eigenvalue weighted by atomic mass is 35.5. The summed E-state index contributed by atoms with van der Waals surface area (Å²) in [5.41, 5.74) is 1.85. The van der Waals surface area contributed by atoms with Crippen molar-refractivity contribution >= 4 is 34.8 Å². The van der Waals surface area contributed by atoms with Crippen LogP contribution < -0.4 is 10.6 Å². The van der Waals surface area contributed by atoms with Gasteiger partial charge in [0.05, 0.1) is 21.8 Å². The Kier molecular flexibility index (Phi) is 4.40. The highest BCUT2D eigenvalue weighted by Crippen LogP contribution is 2.32. The first-order valence-corrected chi connectivity index (χ1v) is 6.92. The lowest BCUT2D eigenvalue weighted by Gasteiger charge is -2.16. The van der Waals surface area contributed by atoms with Gasteiger partial charge in [0, 0.05) is 12.6 Å². The Bertz CT molecular complexity index is 608. The number of anilines is 2. The van der Waals surface area contributed by atoms with E-state index in [1.54, 1.807) is 13.1 Å². The minimum atomic E-state index is -0.0304. The summed E-state index contributed by atoms with van der Waals surface area (Å²) < 4.78 is 5.17. The summed E-state index contributed by atoms with van der Waals surface area (Å²) in [7, 11) is 1.75. The predicted octanol–water partition coefficient (Wildman–Crippen LogP) is 4.21. The number of aryl methyl sites for hydroxylation is 2. The molecule has 2 N–H and O–H groups in total. The molecule has 2 rings (SSSR count). The van der Waals surface area contributed by atoms with Gasteiger partial charge in [-0.3, -0.25) is 0 Å². The summed E-state index contributed by atoms with van der Waals surface area (Å²) in [5.74, 6) is 1.92. The molecule has 108 valence electrons. The summed E-state index contributed by atoms with van der Waals surface area (Å²) in [4.78, 5) is 4.36. The Labute approximate surface area is 127 Å². The highest BCUT2D eigenvalue weighted by molar-refractivity contribution is 6.37. The van der Waals surface area contributed by atoms with E-state index in [9.17, 15) is 0 Å². The molecule has 20 heavy (non-hydrogen) atoms. The van der Waals surface area contributed by atoms with E-state index in [2.05, 4.69) is 20.8 Å². The van der Waals surface area contributed by atoms with E-state index in [0.29, 0.717) is 21.7 Å². The minimum absolute atomic E-state index is 0.0304. The van der Waals surface area contributed by atoms with E-state index < -0.39 is 0 Å². The van der Waals surface area contributed by atoms with Crippen LogP contribution in [0.5, 0.6) is 0 Å². The van der Waals surface area contributed by atoms with Crippen molar-refractivity contribution in [2.45, 2.75) is 26.8 Å². The Balaban J connectivity index is 2.30. The lowest BCUT2D eigenvalue weighted by Crippen LogP contribution is -2.11. The highest BCUT2D eigenvalue weighted by Gasteiger charge is 2.18. The zero-order valence-electron chi connectivity index (χ0n) is 11.7. The SMILES string of the molecule is CNc1nc(NC(C)c2c(C)noc2C)c(Cl)cc1Cl. The van der Waals surface area contributed by atoms with Crippen molar-refractivity contribution < 1.29 is 4.52 Å². The molecular formula is C13H16Cl2N4O. The van der Waals surface area contributed by atoms with Crippen LogP contribution in [0.25, 0.3) is 0 Å². The summed E-state index contributed by atoms with van der Waals surface area (Å²) in [5, 5.41) is 11.1. The van der Waals surface area contributed by atoms with Crippen molar-refractivity contribution in [3.63, 3.8) is 0 Å². The van der Waals surface area contributed by atoms with Crippen molar-refractivity contribution in [3.8, 4) is 0 Å². The molecule has 0 bridgehead atoms. The van der Waals surface area contributed by atoms with Gasteiger partial charge in [-0.1, -0.05) is 28.4 Å². The van der Waals surface area contributed by atoms with E-state index in [4.69, 9.17) is 27.7 Å². The fourth-order valence-electron chi connectivity index (χ4n) is 2.13. The van der Waals surface area contributed by atoms with Crippen LogP contribution in [-0.4, -0.2) is 17.2 Å². The third-order valence-electron chi connectivity index (χ3n) is 3.04. The topological polar surface area (TPSA) is 63.0 Å². The molecule has 5 nitrogen and oxygen atoms in total. The molecular weight excluding hydrogens is 299 g/mol. The summed E-state index contributed by atoms with van der Waals surface area (Å²) in [6.07, 6.45) is 0. The van der Waals surface area contributed by atoms with Crippen molar-refractivity contribution in [2.75, 3.05) is 17.7 Å². The largest absolute Gasteiger partial charge is 0.372 e. The van der Waals surface area contributed by atoms with E-state index >= 15 is 0 Å². The molecule has 0 aliphatic heterocycles. The number of nitrogens with one attached hydrogen (secondary N) is 2. The van der Waals surface area contributed by atoms with Crippen LogP contribution in [0.2, 0.25) is 10.0 Å². The second-order valence-corrected chi connectivity index (χ2v) is 5.32. The number of pyridine rings is 1. The zero-order valence-corrected chi connectivity index (χ0v) is 13.2. The number of rotatable bonds is 4. The molecule has 0 aliphatic carbocycles. The van der Waals surface area contributed by atoms with Crippen LogP contribution in [0.3, 0.4) is 0 Å². The Morgan fingerprint density at radius 3 is 2.40 bits per heavy atom. The van der Waals surface area contributed by atoms with Crippen molar-refractivity contribution in [3.05, 3.63) is 33.1 Å². The molecule has 0 radical (unpaired) electrons. The van der Waals surface area contributed by atoms with Gasteiger partial charge in [-0.05, 0) is 26.8 Å². The maximum Gasteiger partial charge on any atom is 0.147 e. The first kappa shape index (κ1) is 14.9. The third-order valence-corrected chi connectivity index (χ3v) is 3.62. The van der Waals surface area contributed by atoms with Crippen LogP contribution in [0.15, 0.2) is 10.6 Å². The maximum absolute atomic E-state index is 6.17. The molecule has 0 amide bonds. The average Bonchev–Trinajstić information content (AvgIpc) is 2.72. The van der Waals surface area contributed by atoms with Crippen LogP contribution in [0, 0.1) is 13.8 Å². The van der Waals surface area contributed by atoms with E-state index in [-0.39, 0.29) is 6.04 Å². The van der Waals surface area contributed by atoms with Crippen LogP contribution in [0.4, 0.5) is 11.6 Å². The van der Waals surface area contributed by atoms with Gasteiger partial charge in [0.1, 0.15) is 17.4 Å². The van der Waals surface area contributed by atoms with Gasteiger partial charge >= 0.3 is 0 Å². The van der Waals surface area contributed by atoms with Gasteiger partial charge in [-0.2, -0.15) is 0 Å². The number of nitrogens with zero attached hydrogens (tertiary/aromatic N) is 2. The second-order valence-electron chi connectivity index (χ2n) is 4.50. The number of halogens is 2. The van der Waals surface area contributed by atoms with Crippen molar-refractivity contribution in [2.24, 2.45) is 0 Å². The molecule has 2 heterocycles. The molecule has 0 fully saturated rings. The van der Waals surface area contributed by atoms with E-state index in [1.807, 2.05) is 20.8 Å². The fraction of sp³-hybridized carbons (Fsp3) is 0.385. The minimum Gasteiger partial charge on any atom is -0.372 e. The normalized spacial score (nSPS) is 12.3. The van der Waals surface area contributed by atoms with Gasteiger partial charge in [0.2, 0.25) is 0 Å². The summed E-state index contributed by atoms with van der Waals surface area (Å²) in [6, 6.07) is 1.63. The zero-order chi connectivity index (χ0) is 14.9. The molecule has 2 aromatic heterocycles. The molecule has 0 aliphatic rings. The Hall–Kier alpha value is -1.46. The maximum atomic E-state index is 6.17.